The number of aryl methyl sites for hydroxylation is 2. The molecule has 1 aromatic heterocycles. The van der Waals surface area contributed by atoms with Crippen LogP contribution in [0.15, 0.2) is 0 Å². The van der Waals surface area contributed by atoms with Gasteiger partial charge in [-0.2, -0.15) is 5.10 Å². The number of nitrogens with zero attached hydrogens (tertiary/aromatic N) is 3. The second kappa shape index (κ2) is 4.96. The Labute approximate surface area is 104 Å². The Hall–Kier alpha value is -1.23. The standard InChI is InChI=1S/C12H25N5/c1-7-17-11(10(13)9(2)15-17)14-8-12(3,4)16(5)6/h14H,7-8,13H2,1-6H3. The number of anilines is 2. The zero-order valence-corrected chi connectivity index (χ0v) is 11.8. The molecule has 0 radical (unpaired) electrons. The Balaban J connectivity index is 2.82. The third-order valence-corrected chi connectivity index (χ3v) is 3.37. The largest absolute Gasteiger partial charge is 0.394 e. The quantitative estimate of drug-likeness (QED) is 0.818. The molecule has 0 spiro atoms. The molecule has 0 saturated heterocycles. The smallest absolute Gasteiger partial charge is 0.148 e. The normalized spacial score (nSPS) is 12.2. The highest BCUT2D eigenvalue weighted by Crippen LogP contribution is 2.23. The number of nitrogens with one attached hydrogen (secondary N) is 1. The van der Waals surface area contributed by atoms with Crippen molar-refractivity contribution >= 4 is 11.5 Å². The van der Waals surface area contributed by atoms with Crippen molar-refractivity contribution in [1.29, 1.82) is 0 Å². The molecule has 1 heterocycles. The summed E-state index contributed by atoms with van der Waals surface area (Å²) >= 11 is 0. The van der Waals surface area contributed by atoms with Crippen LogP contribution >= 0.6 is 0 Å². The minimum atomic E-state index is 0.0726. The summed E-state index contributed by atoms with van der Waals surface area (Å²) in [4.78, 5) is 2.19. The zero-order chi connectivity index (χ0) is 13.2. The molecule has 0 aliphatic carbocycles. The van der Waals surface area contributed by atoms with Crippen LogP contribution in [-0.2, 0) is 6.54 Å². The third-order valence-electron chi connectivity index (χ3n) is 3.37. The first kappa shape index (κ1) is 13.8. The number of aromatic nitrogens is 2. The van der Waals surface area contributed by atoms with Gasteiger partial charge < -0.3 is 16.0 Å². The summed E-state index contributed by atoms with van der Waals surface area (Å²) < 4.78 is 1.91. The highest BCUT2D eigenvalue weighted by atomic mass is 15.3. The van der Waals surface area contributed by atoms with Crippen LogP contribution in [0.1, 0.15) is 26.5 Å². The van der Waals surface area contributed by atoms with Crippen molar-refractivity contribution in [1.82, 2.24) is 14.7 Å². The number of rotatable bonds is 5. The van der Waals surface area contributed by atoms with Gasteiger partial charge in [0.15, 0.2) is 0 Å². The first-order valence-electron chi connectivity index (χ1n) is 6.03. The maximum Gasteiger partial charge on any atom is 0.148 e. The maximum absolute atomic E-state index is 6.02. The van der Waals surface area contributed by atoms with Crippen molar-refractivity contribution in [2.45, 2.75) is 39.8 Å². The van der Waals surface area contributed by atoms with E-state index < -0.39 is 0 Å². The third kappa shape index (κ3) is 2.91. The van der Waals surface area contributed by atoms with Crippen LogP contribution in [-0.4, -0.2) is 40.9 Å². The van der Waals surface area contributed by atoms with E-state index in [0.717, 1.165) is 30.3 Å². The van der Waals surface area contributed by atoms with E-state index >= 15 is 0 Å². The van der Waals surface area contributed by atoms with E-state index in [1.807, 2.05) is 11.6 Å². The van der Waals surface area contributed by atoms with Crippen LogP contribution < -0.4 is 11.1 Å². The average molecular weight is 239 g/mol. The molecule has 1 aromatic rings. The van der Waals surface area contributed by atoms with Gasteiger partial charge in [-0.3, -0.25) is 0 Å². The molecule has 5 nitrogen and oxygen atoms in total. The molecule has 0 bridgehead atoms. The topological polar surface area (TPSA) is 59.1 Å². The van der Waals surface area contributed by atoms with E-state index in [1.165, 1.54) is 0 Å². The average Bonchev–Trinajstić information content (AvgIpc) is 2.52. The van der Waals surface area contributed by atoms with Gasteiger partial charge in [-0.15, -0.1) is 0 Å². The van der Waals surface area contributed by atoms with Crippen molar-refractivity contribution < 1.29 is 0 Å². The highest BCUT2D eigenvalue weighted by Gasteiger charge is 2.21. The Kier molecular flexibility index (Phi) is 4.03. The lowest BCUT2D eigenvalue weighted by molar-refractivity contribution is 0.209. The van der Waals surface area contributed by atoms with Crippen molar-refractivity contribution in [3.63, 3.8) is 0 Å². The molecule has 3 N–H and O–H groups in total. The first-order chi connectivity index (χ1) is 7.79. The molecule has 17 heavy (non-hydrogen) atoms. The molecule has 0 amide bonds. The monoisotopic (exact) mass is 239 g/mol. The lowest BCUT2D eigenvalue weighted by Crippen LogP contribution is -2.44. The SMILES string of the molecule is CCn1nc(C)c(N)c1NCC(C)(C)N(C)C. The summed E-state index contributed by atoms with van der Waals surface area (Å²) in [6.07, 6.45) is 0. The molecule has 1 rings (SSSR count). The van der Waals surface area contributed by atoms with Gasteiger partial charge in [0.25, 0.3) is 0 Å². The first-order valence-corrected chi connectivity index (χ1v) is 6.03. The molecule has 98 valence electrons. The van der Waals surface area contributed by atoms with Crippen LogP contribution in [0.4, 0.5) is 11.5 Å². The van der Waals surface area contributed by atoms with E-state index in [1.54, 1.807) is 0 Å². The lowest BCUT2D eigenvalue weighted by atomic mass is 10.0. The van der Waals surface area contributed by atoms with Crippen molar-refractivity contribution in [3.8, 4) is 0 Å². The summed E-state index contributed by atoms with van der Waals surface area (Å²) in [5, 5.41) is 7.80. The Morgan fingerprint density at radius 2 is 2.00 bits per heavy atom. The molecule has 0 saturated carbocycles. The molecular weight excluding hydrogens is 214 g/mol. The fraction of sp³-hybridized carbons (Fsp3) is 0.750. The zero-order valence-electron chi connectivity index (χ0n) is 11.8. The van der Waals surface area contributed by atoms with Crippen LogP contribution in [0.25, 0.3) is 0 Å². The van der Waals surface area contributed by atoms with E-state index in [0.29, 0.717) is 0 Å². The van der Waals surface area contributed by atoms with Gasteiger partial charge in [0.05, 0.1) is 11.4 Å². The van der Waals surface area contributed by atoms with Crippen LogP contribution in [0.2, 0.25) is 0 Å². The maximum atomic E-state index is 6.02. The molecule has 0 aliphatic rings. The number of nitrogens with two attached hydrogens (primary N) is 1. The molecule has 0 aliphatic heterocycles. The summed E-state index contributed by atoms with van der Waals surface area (Å²) in [5.74, 6) is 0.930. The summed E-state index contributed by atoms with van der Waals surface area (Å²) in [6.45, 7) is 10.0. The molecule has 5 heteroatoms. The fourth-order valence-electron chi connectivity index (χ4n) is 1.47. The predicted molar refractivity (Wildman–Crippen MR) is 73.3 cm³/mol. The second-order valence-electron chi connectivity index (χ2n) is 5.22. The number of hydrogen-bond donors (Lipinski definition) is 2. The van der Waals surface area contributed by atoms with Gasteiger partial charge in [0, 0.05) is 18.6 Å². The molecule has 0 fully saturated rings. The van der Waals surface area contributed by atoms with E-state index in [-0.39, 0.29) is 5.54 Å². The molecular formula is C12H25N5. The Morgan fingerprint density at radius 1 is 1.41 bits per heavy atom. The van der Waals surface area contributed by atoms with E-state index in [9.17, 15) is 0 Å². The van der Waals surface area contributed by atoms with Gasteiger partial charge in [-0.1, -0.05) is 0 Å². The van der Waals surface area contributed by atoms with Gasteiger partial charge >= 0.3 is 0 Å². The molecule has 0 unspecified atom stereocenters. The molecule has 0 atom stereocenters. The van der Waals surface area contributed by atoms with Crippen LogP contribution in [0, 0.1) is 6.92 Å². The van der Waals surface area contributed by atoms with Gasteiger partial charge in [-0.05, 0) is 41.8 Å². The van der Waals surface area contributed by atoms with E-state index in [2.05, 4.69) is 50.2 Å². The van der Waals surface area contributed by atoms with Crippen molar-refractivity contribution in [3.05, 3.63) is 5.69 Å². The minimum Gasteiger partial charge on any atom is -0.394 e. The van der Waals surface area contributed by atoms with E-state index in [4.69, 9.17) is 5.73 Å². The molecule has 0 aromatic carbocycles. The highest BCUT2D eigenvalue weighted by molar-refractivity contribution is 5.64. The van der Waals surface area contributed by atoms with Crippen LogP contribution in [0.5, 0.6) is 0 Å². The van der Waals surface area contributed by atoms with Gasteiger partial charge in [0.2, 0.25) is 0 Å². The predicted octanol–water partition coefficient (Wildman–Crippen LogP) is 1.55. The van der Waals surface area contributed by atoms with Crippen molar-refractivity contribution in [2.75, 3.05) is 31.7 Å². The number of nitrogen functional groups attached to an aromatic ring is 1. The van der Waals surface area contributed by atoms with Crippen LogP contribution in [0.3, 0.4) is 0 Å². The van der Waals surface area contributed by atoms with Gasteiger partial charge in [-0.25, -0.2) is 4.68 Å². The summed E-state index contributed by atoms with van der Waals surface area (Å²) in [5.41, 5.74) is 7.74. The number of likely N-dealkylation sites (N-methyl/N-ethyl adjacent to an activating group) is 1. The van der Waals surface area contributed by atoms with Gasteiger partial charge in [0.1, 0.15) is 5.82 Å². The Bertz CT molecular complexity index is 378. The fourth-order valence-corrected chi connectivity index (χ4v) is 1.47. The lowest BCUT2D eigenvalue weighted by Gasteiger charge is -2.33. The van der Waals surface area contributed by atoms with Crippen molar-refractivity contribution in [2.24, 2.45) is 0 Å². The Morgan fingerprint density at radius 3 is 2.47 bits per heavy atom. The summed E-state index contributed by atoms with van der Waals surface area (Å²) in [7, 11) is 4.15. The number of hydrogen-bond acceptors (Lipinski definition) is 4. The minimum absolute atomic E-state index is 0.0726. The second-order valence-corrected chi connectivity index (χ2v) is 5.22. The summed E-state index contributed by atoms with van der Waals surface area (Å²) in [6, 6.07) is 0.